The Morgan fingerprint density at radius 1 is 1.17 bits per heavy atom. The van der Waals surface area contributed by atoms with Gasteiger partial charge in [0.05, 0.1) is 29.8 Å². The van der Waals surface area contributed by atoms with Gasteiger partial charge in [0, 0.05) is 22.7 Å². The van der Waals surface area contributed by atoms with Gasteiger partial charge in [-0.2, -0.15) is 5.10 Å². The quantitative estimate of drug-likeness (QED) is 0.716. The van der Waals surface area contributed by atoms with E-state index >= 15 is 0 Å². The number of carbonyl (C=O) groups excluding carboxylic acids is 1. The number of para-hydroxylation sites is 1. The lowest BCUT2D eigenvalue weighted by Crippen LogP contribution is -2.26. The smallest absolute Gasteiger partial charge is 0.251 e. The molecular weight excluding hydrogens is 364 g/mol. The zero-order chi connectivity index (χ0) is 20.0. The minimum absolute atomic E-state index is 0.0627. The Morgan fingerprint density at radius 2 is 1.97 bits per heavy atom. The van der Waals surface area contributed by atoms with Gasteiger partial charge in [-0.05, 0) is 55.7 Å². The lowest BCUT2D eigenvalue weighted by Gasteiger charge is -2.26. The second-order valence-corrected chi connectivity index (χ2v) is 7.66. The van der Waals surface area contributed by atoms with E-state index in [0.717, 1.165) is 40.9 Å². The minimum Gasteiger partial charge on any atom is -0.349 e. The number of hydrogen-bond donors (Lipinski definition) is 2. The maximum Gasteiger partial charge on any atom is 0.251 e. The second-order valence-electron chi connectivity index (χ2n) is 7.66. The van der Waals surface area contributed by atoms with Crippen LogP contribution in [0.3, 0.4) is 0 Å². The van der Waals surface area contributed by atoms with E-state index in [2.05, 4.69) is 10.4 Å². The van der Waals surface area contributed by atoms with Crippen LogP contribution in [-0.4, -0.2) is 32.0 Å². The molecule has 3 aromatic rings. The van der Waals surface area contributed by atoms with Crippen molar-refractivity contribution >= 4 is 17.7 Å². The van der Waals surface area contributed by atoms with Crippen molar-refractivity contribution in [1.29, 1.82) is 0 Å². The summed E-state index contributed by atoms with van der Waals surface area (Å²) in [5.74, 6) is -0.0627. The number of hydroxylamine groups is 2. The molecule has 0 saturated heterocycles. The third kappa shape index (κ3) is 3.32. The van der Waals surface area contributed by atoms with Crippen LogP contribution < -0.4 is 5.32 Å². The molecule has 1 fully saturated rings. The number of nitrogens with zero attached hydrogens (tertiary/aromatic N) is 3. The highest BCUT2D eigenvalue weighted by Gasteiger charge is 2.26. The highest BCUT2D eigenvalue weighted by molar-refractivity contribution is 5.96. The van der Waals surface area contributed by atoms with Crippen LogP contribution in [0.5, 0.6) is 0 Å². The Kier molecular flexibility index (Phi) is 4.21. The summed E-state index contributed by atoms with van der Waals surface area (Å²) in [5, 5.41) is 19.6. The summed E-state index contributed by atoms with van der Waals surface area (Å²) >= 11 is 0. The van der Waals surface area contributed by atoms with E-state index in [1.807, 2.05) is 72.4 Å². The Morgan fingerprint density at radius 3 is 2.72 bits per heavy atom. The molecule has 2 aliphatic rings. The molecule has 146 valence electrons. The van der Waals surface area contributed by atoms with Crippen LogP contribution in [0.25, 0.3) is 17.5 Å². The fourth-order valence-electron chi connectivity index (χ4n) is 3.66. The van der Waals surface area contributed by atoms with E-state index in [1.165, 1.54) is 5.06 Å². The fourth-order valence-corrected chi connectivity index (χ4v) is 3.66. The van der Waals surface area contributed by atoms with Gasteiger partial charge in [-0.3, -0.25) is 15.1 Å². The number of nitrogens with one attached hydrogen (secondary N) is 1. The molecule has 0 atom stereocenters. The molecule has 6 heteroatoms. The molecule has 2 N–H and O–H groups in total. The SMILES string of the molecule is Cc1ccc(C(=O)NC2CC2)cc1C1=Cc2cnn(-c3ccccc3)c2CN1O. The molecule has 1 aromatic heterocycles. The Bertz CT molecular complexity index is 1110. The highest BCUT2D eigenvalue weighted by atomic mass is 16.5. The summed E-state index contributed by atoms with van der Waals surface area (Å²) in [6.07, 6.45) is 5.84. The lowest BCUT2D eigenvalue weighted by molar-refractivity contribution is -0.0376. The minimum atomic E-state index is -0.0627. The van der Waals surface area contributed by atoms with Gasteiger partial charge < -0.3 is 5.32 Å². The number of hydrogen-bond acceptors (Lipinski definition) is 4. The third-order valence-corrected chi connectivity index (χ3v) is 5.46. The predicted octanol–water partition coefficient (Wildman–Crippen LogP) is 3.78. The van der Waals surface area contributed by atoms with Crippen molar-refractivity contribution in [1.82, 2.24) is 20.2 Å². The van der Waals surface area contributed by atoms with E-state index < -0.39 is 0 Å². The summed E-state index contributed by atoms with van der Waals surface area (Å²) in [4.78, 5) is 12.5. The number of fused-ring (bicyclic) bond motifs is 1. The number of amides is 1. The second kappa shape index (κ2) is 6.90. The Hall–Kier alpha value is -3.38. The normalized spacial score (nSPS) is 15.7. The number of aromatic nitrogens is 2. The molecule has 1 aliphatic carbocycles. The number of aryl methyl sites for hydroxylation is 1. The summed E-state index contributed by atoms with van der Waals surface area (Å²) in [6, 6.07) is 15.8. The van der Waals surface area contributed by atoms with Crippen molar-refractivity contribution < 1.29 is 10.0 Å². The van der Waals surface area contributed by atoms with Gasteiger partial charge in [0.1, 0.15) is 0 Å². The van der Waals surface area contributed by atoms with Gasteiger partial charge in [-0.1, -0.05) is 24.3 Å². The average Bonchev–Trinajstić information content (AvgIpc) is 3.45. The monoisotopic (exact) mass is 386 g/mol. The van der Waals surface area contributed by atoms with E-state index in [1.54, 1.807) is 0 Å². The molecule has 0 radical (unpaired) electrons. The van der Waals surface area contributed by atoms with Crippen molar-refractivity contribution in [2.45, 2.75) is 32.4 Å². The van der Waals surface area contributed by atoms with Crippen LogP contribution >= 0.6 is 0 Å². The Labute approximate surface area is 169 Å². The number of carbonyl (C=O) groups is 1. The van der Waals surface area contributed by atoms with E-state index in [4.69, 9.17) is 0 Å². The van der Waals surface area contributed by atoms with E-state index in [9.17, 15) is 10.0 Å². The maximum absolute atomic E-state index is 12.5. The first-order chi connectivity index (χ1) is 14.1. The molecule has 6 nitrogen and oxygen atoms in total. The van der Waals surface area contributed by atoms with E-state index in [0.29, 0.717) is 23.8 Å². The average molecular weight is 386 g/mol. The molecule has 0 bridgehead atoms. The zero-order valence-electron chi connectivity index (χ0n) is 16.2. The Balaban J connectivity index is 1.52. The van der Waals surface area contributed by atoms with Crippen LogP contribution in [0.1, 0.15) is 45.6 Å². The fraction of sp³-hybridized carbons (Fsp3) is 0.217. The maximum atomic E-state index is 12.5. The van der Waals surface area contributed by atoms with Gasteiger partial charge in [-0.25, -0.2) is 4.68 Å². The lowest BCUT2D eigenvalue weighted by atomic mass is 9.98. The molecule has 2 aromatic carbocycles. The summed E-state index contributed by atoms with van der Waals surface area (Å²) < 4.78 is 1.85. The van der Waals surface area contributed by atoms with Crippen LogP contribution in [0, 0.1) is 6.92 Å². The first kappa shape index (κ1) is 17.7. The molecule has 1 amide bonds. The van der Waals surface area contributed by atoms with Crippen molar-refractivity contribution in [2.75, 3.05) is 0 Å². The molecule has 0 unspecified atom stereocenters. The number of benzene rings is 2. The molecular formula is C23H22N4O2. The van der Waals surface area contributed by atoms with E-state index in [-0.39, 0.29) is 5.91 Å². The van der Waals surface area contributed by atoms with Gasteiger partial charge in [0.15, 0.2) is 0 Å². The molecule has 0 spiro atoms. The summed E-state index contributed by atoms with van der Waals surface area (Å²) in [6.45, 7) is 2.30. The molecule has 5 rings (SSSR count). The predicted molar refractivity (Wildman–Crippen MR) is 110 cm³/mol. The third-order valence-electron chi connectivity index (χ3n) is 5.46. The molecule has 2 heterocycles. The van der Waals surface area contributed by atoms with Gasteiger partial charge >= 0.3 is 0 Å². The molecule has 1 saturated carbocycles. The van der Waals surface area contributed by atoms with Gasteiger partial charge in [-0.15, -0.1) is 0 Å². The first-order valence-electron chi connectivity index (χ1n) is 9.82. The van der Waals surface area contributed by atoms with Crippen molar-refractivity contribution in [3.63, 3.8) is 0 Å². The zero-order valence-corrected chi connectivity index (χ0v) is 16.2. The first-order valence-corrected chi connectivity index (χ1v) is 9.82. The van der Waals surface area contributed by atoms with Gasteiger partial charge in [0.25, 0.3) is 5.91 Å². The van der Waals surface area contributed by atoms with Crippen LogP contribution in [-0.2, 0) is 6.54 Å². The largest absolute Gasteiger partial charge is 0.349 e. The molecule has 29 heavy (non-hydrogen) atoms. The van der Waals surface area contributed by atoms with Crippen molar-refractivity contribution in [3.05, 3.63) is 82.7 Å². The summed E-state index contributed by atoms with van der Waals surface area (Å²) in [7, 11) is 0. The summed E-state index contributed by atoms with van der Waals surface area (Å²) in [5.41, 5.74) is 5.95. The topological polar surface area (TPSA) is 70.4 Å². The van der Waals surface area contributed by atoms with Gasteiger partial charge in [0.2, 0.25) is 0 Å². The van der Waals surface area contributed by atoms with Crippen molar-refractivity contribution in [2.24, 2.45) is 0 Å². The highest BCUT2D eigenvalue weighted by Crippen LogP contribution is 2.32. The van der Waals surface area contributed by atoms with Crippen molar-refractivity contribution in [3.8, 4) is 5.69 Å². The standard InChI is InChI=1S/C23H22N4O2/c1-15-7-8-16(23(28)25-18-9-10-18)11-20(15)21-12-17-13-24-27(22(17)14-26(21)29)19-5-3-2-4-6-19/h2-8,11-13,18,29H,9-10,14H2,1H3,(H,25,28). The van der Waals surface area contributed by atoms with Crippen LogP contribution in [0.15, 0.2) is 54.7 Å². The molecule has 1 aliphatic heterocycles. The van der Waals surface area contributed by atoms with Crippen LogP contribution in [0.2, 0.25) is 0 Å². The van der Waals surface area contributed by atoms with Crippen LogP contribution in [0.4, 0.5) is 0 Å². The number of rotatable bonds is 4.